The molecule has 116 valence electrons. The lowest BCUT2D eigenvalue weighted by atomic mass is 10.2. The molecule has 5 nitrogen and oxygen atoms in total. The lowest BCUT2D eigenvalue weighted by Gasteiger charge is -2.24. The molecule has 1 aromatic rings. The SMILES string of the molecule is CCNc1ncc(F)cc1C(=O)NCC(C)N1CCCC1. The Kier molecular flexibility index (Phi) is 5.50. The summed E-state index contributed by atoms with van der Waals surface area (Å²) >= 11 is 0. The summed E-state index contributed by atoms with van der Waals surface area (Å²) in [5, 5.41) is 5.85. The normalized spacial score (nSPS) is 16.7. The molecule has 1 saturated heterocycles. The van der Waals surface area contributed by atoms with Crippen molar-refractivity contribution in [2.75, 3.05) is 31.5 Å². The summed E-state index contributed by atoms with van der Waals surface area (Å²) in [6.45, 7) is 7.36. The van der Waals surface area contributed by atoms with E-state index >= 15 is 0 Å². The van der Waals surface area contributed by atoms with Crippen molar-refractivity contribution in [3.05, 3.63) is 23.6 Å². The van der Waals surface area contributed by atoms with E-state index in [0.29, 0.717) is 24.9 Å². The number of carbonyl (C=O) groups is 1. The molecule has 1 aromatic heterocycles. The summed E-state index contributed by atoms with van der Waals surface area (Å²) in [5.74, 6) is -0.372. The first-order valence-corrected chi connectivity index (χ1v) is 7.53. The van der Waals surface area contributed by atoms with Crippen molar-refractivity contribution in [3.8, 4) is 0 Å². The number of likely N-dealkylation sites (tertiary alicyclic amines) is 1. The molecule has 1 unspecified atom stereocenters. The van der Waals surface area contributed by atoms with E-state index in [9.17, 15) is 9.18 Å². The minimum absolute atomic E-state index is 0.255. The molecule has 1 aliphatic heterocycles. The second-order valence-electron chi connectivity index (χ2n) is 5.38. The van der Waals surface area contributed by atoms with Crippen LogP contribution in [-0.4, -0.2) is 48.0 Å². The molecule has 1 aliphatic rings. The average molecular weight is 294 g/mol. The monoisotopic (exact) mass is 294 g/mol. The summed E-state index contributed by atoms with van der Waals surface area (Å²) in [4.78, 5) is 18.5. The molecule has 0 aliphatic carbocycles. The van der Waals surface area contributed by atoms with Gasteiger partial charge in [-0.25, -0.2) is 9.37 Å². The highest BCUT2D eigenvalue weighted by molar-refractivity contribution is 5.98. The van der Waals surface area contributed by atoms with Crippen molar-refractivity contribution in [2.24, 2.45) is 0 Å². The number of nitrogens with zero attached hydrogens (tertiary/aromatic N) is 2. The summed E-state index contributed by atoms with van der Waals surface area (Å²) in [5.41, 5.74) is 0.255. The fraction of sp³-hybridized carbons (Fsp3) is 0.600. The molecule has 0 saturated carbocycles. The highest BCUT2D eigenvalue weighted by Gasteiger charge is 2.20. The highest BCUT2D eigenvalue weighted by Crippen LogP contribution is 2.14. The van der Waals surface area contributed by atoms with Crippen LogP contribution in [0, 0.1) is 5.82 Å². The van der Waals surface area contributed by atoms with Gasteiger partial charge in [-0.2, -0.15) is 0 Å². The van der Waals surface area contributed by atoms with Crippen LogP contribution in [0.4, 0.5) is 10.2 Å². The van der Waals surface area contributed by atoms with E-state index in [1.54, 1.807) is 0 Å². The number of amides is 1. The van der Waals surface area contributed by atoms with Gasteiger partial charge in [-0.3, -0.25) is 9.69 Å². The molecule has 2 heterocycles. The fourth-order valence-corrected chi connectivity index (χ4v) is 2.57. The number of pyridine rings is 1. The Balaban J connectivity index is 1.97. The molecular formula is C15H23FN4O. The van der Waals surface area contributed by atoms with E-state index in [1.165, 1.54) is 18.9 Å². The van der Waals surface area contributed by atoms with Crippen LogP contribution < -0.4 is 10.6 Å². The molecule has 0 radical (unpaired) electrons. The van der Waals surface area contributed by atoms with Crippen molar-refractivity contribution in [1.29, 1.82) is 0 Å². The van der Waals surface area contributed by atoms with Crippen molar-refractivity contribution in [3.63, 3.8) is 0 Å². The molecular weight excluding hydrogens is 271 g/mol. The van der Waals surface area contributed by atoms with Gasteiger partial charge in [0.1, 0.15) is 11.6 Å². The van der Waals surface area contributed by atoms with E-state index in [1.807, 2.05) is 6.92 Å². The second kappa shape index (κ2) is 7.36. The third-order valence-corrected chi connectivity index (χ3v) is 3.77. The van der Waals surface area contributed by atoms with E-state index in [4.69, 9.17) is 0 Å². The van der Waals surface area contributed by atoms with Crippen LogP contribution in [0.1, 0.15) is 37.0 Å². The maximum atomic E-state index is 13.3. The number of rotatable bonds is 6. The van der Waals surface area contributed by atoms with Crippen LogP contribution in [0.25, 0.3) is 0 Å². The Morgan fingerprint density at radius 1 is 1.48 bits per heavy atom. The third-order valence-electron chi connectivity index (χ3n) is 3.77. The van der Waals surface area contributed by atoms with Crippen LogP contribution in [0.2, 0.25) is 0 Å². The number of hydrogen-bond donors (Lipinski definition) is 2. The molecule has 2 rings (SSSR count). The van der Waals surface area contributed by atoms with Gasteiger partial charge in [0.2, 0.25) is 0 Å². The van der Waals surface area contributed by atoms with Gasteiger partial charge in [-0.05, 0) is 45.8 Å². The molecule has 2 N–H and O–H groups in total. The molecule has 6 heteroatoms. The number of aromatic nitrogens is 1. The van der Waals surface area contributed by atoms with Gasteiger partial charge in [0.25, 0.3) is 5.91 Å². The van der Waals surface area contributed by atoms with Gasteiger partial charge in [0, 0.05) is 19.1 Å². The molecule has 0 spiro atoms. The van der Waals surface area contributed by atoms with E-state index < -0.39 is 5.82 Å². The van der Waals surface area contributed by atoms with E-state index in [0.717, 1.165) is 19.3 Å². The van der Waals surface area contributed by atoms with Crippen LogP contribution in [0.3, 0.4) is 0 Å². The zero-order valence-corrected chi connectivity index (χ0v) is 12.7. The topological polar surface area (TPSA) is 57.3 Å². The zero-order valence-electron chi connectivity index (χ0n) is 12.7. The van der Waals surface area contributed by atoms with Crippen LogP contribution >= 0.6 is 0 Å². The van der Waals surface area contributed by atoms with Crippen molar-refractivity contribution in [1.82, 2.24) is 15.2 Å². The predicted octanol–water partition coefficient (Wildman–Crippen LogP) is 1.87. The molecule has 0 bridgehead atoms. The first-order valence-electron chi connectivity index (χ1n) is 7.53. The summed E-state index contributed by atoms with van der Waals surface area (Å²) in [7, 11) is 0. The molecule has 1 amide bonds. The van der Waals surface area contributed by atoms with Gasteiger partial charge in [0.15, 0.2) is 0 Å². The average Bonchev–Trinajstić information content (AvgIpc) is 3.01. The molecule has 1 fully saturated rings. The van der Waals surface area contributed by atoms with Crippen molar-refractivity contribution >= 4 is 11.7 Å². The highest BCUT2D eigenvalue weighted by atomic mass is 19.1. The first-order chi connectivity index (χ1) is 10.1. The van der Waals surface area contributed by atoms with Gasteiger partial charge < -0.3 is 10.6 Å². The number of hydrogen-bond acceptors (Lipinski definition) is 4. The summed E-state index contributed by atoms with van der Waals surface area (Å²) in [6.07, 6.45) is 3.55. The van der Waals surface area contributed by atoms with E-state index in [-0.39, 0.29) is 11.5 Å². The Morgan fingerprint density at radius 3 is 2.86 bits per heavy atom. The predicted molar refractivity (Wildman–Crippen MR) is 81.0 cm³/mol. The van der Waals surface area contributed by atoms with Crippen LogP contribution in [-0.2, 0) is 0 Å². The fourth-order valence-electron chi connectivity index (χ4n) is 2.57. The largest absolute Gasteiger partial charge is 0.370 e. The van der Waals surface area contributed by atoms with Crippen molar-refractivity contribution < 1.29 is 9.18 Å². The first kappa shape index (κ1) is 15.7. The Hall–Kier alpha value is -1.69. The molecule has 21 heavy (non-hydrogen) atoms. The Bertz CT molecular complexity index is 489. The third kappa shape index (κ3) is 4.14. The van der Waals surface area contributed by atoms with Crippen LogP contribution in [0.5, 0.6) is 0 Å². The quantitative estimate of drug-likeness (QED) is 0.841. The standard InChI is InChI=1S/C15H23FN4O/c1-3-17-14-13(8-12(16)10-18-14)15(21)19-9-11(2)20-6-4-5-7-20/h8,10-11H,3-7,9H2,1-2H3,(H,17,18)(H,19,21). The number of carbonyl (C=O) groups excluding carboxylic acids is 1. The van der Waals surface area contributed by atoms with Crippen molar-refractivity contribution in [2.45, 2.75) is 32.7 Å². The minimum atomic E-state index is -0.505. The molecule has 1 atom stereocenters. The molecule has 0 aromatic carbocycles. The summed E-state index contributed by atoms with van der Waals surface area (Å²) < 4.78 is 13.3. The van der Waals surface area contributed by atoms with Gasteiger partial charge in [0.05, 0.1) is 11.8 Å². The second-order valence-corrected chi connectivity index (χ2v) is 5.38. The maximum Gasteiger partial charge on any atom is 0.255 e. The lowest BCUT2D eigenvalue weighted by Crippen LogP contribution is -2.40. The maximum absolute atomic E-state index is 13.3. The van der Waals surface area contributed by atoms with Gasteiger partial charge >= 0.3 is 0 Å². The number of nitrogens with one attached hydrogen (secondary N) is 2. The zero-order chi connectivity index (χ0) is 15.2. The summed E-state index contributed by atoms with van der Waals surface area (Å²) in [6, 6.07) is 1.52. The van der Waals surface area contributed by atoms with Gasteiger partial charge in [-0.15, -0.1) is 0 Å². The number of halogens is 1. The smallest absolute Gasteiger partial charge is 0.255 e. The van der Waals surface area contributed by atoms with Gasteiger partial charge in [-0.1, -0.05) is 0 Å². The van der Waals surface area contributed by atoms with E-state index in [2.05, 4.69) is 27.4 Å². The van der Waals surface area contributed by atoms with Crippen LogP contribution in [0.15, 0.2) is 12.3 Å². The number of anilines is 1. The Morgan fingerprint density at radius 2 is 2.19 bits per heavy atom. The minimum Gasteiger partial charge on any atom is -0.370 e. The lowest BCUT2D eigenvalue weighted by molar-refractivity contribution is 0.0940. The Labute approximate surface area is 124 Å².